The maximum Gasteiger partial charge on any atom is 0.251 e. The van der Waals surface area contributed by atoms with E-state index >= 15 is 0 Å². The SMILES string of the molecule is CN(C)c1ccc(CNC(=O)c2ccc(C(C)(C)C)cc2)cc1. The Morgan fingerprint density at radius 1 is 0.957 bits per heavy atom. The zero-order valence-electron chi connectivity index (χ0n) is 14.7. The van der Waals surface area contributed by atoms with Crippen molar-refractivity contribution in [1.82, 2.24) is 5.32 Å². The van der Waals surface area contributed by atoms with Gasteiger partial charge in [-0.25, -0.2) is 0 Å². The van der Waals surface area contributed by atoms with Gasteiger partial charge in [0.15, 0.2) is 0 Å². The monoisotopic (exact) mass is 310 g/mol. The Bertz CT molecular complexity index is 650. The van der Waals surface area contributed by atoms with Gasteiger partial charge < -0.3 is 10.2 Å². The largest absolute Gasteiger partial charge is 0.378 e. The fourth-order valence-corrected chi connectivity index (χ4v) is 2.32. The molecule has 0 unspecified atom stereocenters. The van der Waals surface area contributed by atoms with Gasteiger partial charge in [-0.05, 0) is 40.8 Å². The van der Waals surface area contributed by atoms with Crippen molar-refractivity contribution in [2.75, 3.05) is 19.0 Å². The molecule has 3 nitrogen and oxygen atoms in total. The van der Waals surface area contributed by atoms with Gasteiger partial charge in [0.05, 0.1) is 0 Å². The average molecular weight is 310 g/mol. The van der Waals surface area contributed by atoms with Crippen molar-refractivity contribution in [2.24, 2.45) is 0 Å². The van der Waals surface area contributed by atoms with Gasteiger partial charge in [0, 0.05) is 31.9 Å². The minimum Gasteiger partial charge on any atom is -0.378 e. The van der Waals surface area contributed by atoms with Gasteiger partial charge in [-0.1, -0.05) is 45.0 Å². The maximum absolute atomic E-state index is 12.2. The number of carbonyl (C=O) groups is 1. The third-order valence-electron chi connectivity index (χ3n) is 3.92. The predicted octanol–water partition coefficient (Wildman–Crippen LogP) is 3.98. The van der Waals surface area contributed by atoms with Crippen LogP contribution in [0.1, 0.15) is 42.3 Å². The summed E-state index contributed by atoms with van der Waals surface area (Å²) in [6, 6.07) is 16.0. The molecule has 0 spiro atoms. The van der Waals surface area contributed by atoms with Crippen molar-refractivity contribution < 1.29 is 4.79 Å². The summed E-state index contributed by atoms with van der Waals surface area (Å²) in [5.41, 5.74) is 4.27. The fraction of sp³-hybridized carbons (Fsp3) is 0.350. The topological polar surface area (TPSA) is 32.3 Å². The van der Waals surface area contributed by atoms with Crippen molar-refractivity contribution in [3.05, 3.63) is 65.2 Å². The summed E-state index contributed by atoms with van der Waals surface area (Å²) in [5.74, 6) is -0.0397. The molecule has 1 N–H and O–H groups in total. The molecule has 122 valence electrons. The second kappa shape index (κ2) is 6.86. The van der Waals surface area contributed by atoms with Gasteiger partial charge >= 0.3 is 0 Å². The minimum atomic E-state index is -0.0397. The highest BCUT2D eigenvalue weighted by atomic mass is 16.1. The number of carbonyl (C=O) groups excluding carboxylic acids is 1. The van der Waals surface area contributed by atoms with Crippen LogP contribution in [0.25, 0.3) is 0 Å². The summed E-state index contributed by atoms with van der Waals surface area (Å²) in [4.78, 5) is 14.3. The molecule has 0 saturated carbocycles. The molecular formula is C20H26N2O. The number of amides is 1. The highest BCUT2D eigenvalue weighted by Crippen LogP contribution is 2.22. The molecule has 2 aromatic carbocycles. The first-order valence-corrected chi connectivity index (χ1v) is 7.92. The van der Waals surface area contributed by atoms with Crippen LogP contribution in [0.5, 0.6) is 0 Å². The van der Waals surface area contributed by atoms with Crippen molar-refractivity contribution in [1.29, 1.82) is 0 Å². The lowest BCUT2D eigenvalue weighted by atomic mass is 9.87. The van der Waals surface area contributed by atoms with Gasteiger partial charge in [-0.3, -0.25) is 4.79 Å². The third-order valence-corrected chi connectivity index (χ3v) is 3.92. The van der Waals surface area contributed by atoms with E-state index in [1.165, 1.54) is 5.56 Å². The number of hydrogen-bond acceptors (Lipinski definition) is 2. The van der Waals surface area contributed by atoms with Crippen molar-refractivity contribution in [3.63, 3.8) is 0 Å². The van der Waals surface area contributed by atoms with E-state index in [0.717, 1.165) is 11.3 Å². The Morgan fingerprint density at radius 3 is 2.00 bits per heavy atom. The maximum atomic E-state index is 12.2. The molecule has 0 aliphatic heterocycles. The van der Waals surface area contributed by atoms with Crippen LogP contribution in [-0.2, 0) is 12.0 Å². The molecule has 1 amide bonds. The number of anilines is 1. The molecule has 0 bridgehead atoms. The highest BCUT2D eigenvalue weighted by Gasteiger charge is 2.14. The molecule has 23 heavy (non-hydrogen) atoms. The molecule has 2 aromatic rings. The minimum absolute atomic E-state index is 0.0397. The van der Waals surface area contributed by atoms with Gasteiger partial charge in [0.25, 0.3) is 5.91 Å². The molecule has 0 atom stereocenters. The van der Waals surface area contributed by atoms with E-state index in [1.54, 1.807) is 0 Å². The van der Waals surface area contributed by atoms with Crippen LogP contribution in [0.4, 0.5) is 5.69 Å². The third kappa shape index (κ3) is 4.59. The normalized spacial score (nSPS) is 11.2. The number of rotatable bonds is 4. The first-order chi connectivity index (χ1) is 10.8. The summed E-state index contributed by atoms with van der Waals surface area (Å²) in [7, 11) is 4.02. The Kier molecular flexibility index (Phi) is 5.09. The molecule has 0 fully saturated rings. The first-order valence-electron chi connectivity index (χ1n) is 7.92. The Balaban J connectivity index is 1.96. The molecule has 0 aliphatic carbocycles. The van der Waals surface area contributed by atoms with E-state index in [1.807, 2.05) is 50.5 Å². The lowest BCUT2D eigenvalue weighted by molar-refractivity contribution is 0.0951. The van der Waals surface area contributed by atoms with Crippen LogP contribution in [0.15, 0.2) is 48.5 Å². The lowest BCUT2D eigenvalue weighted by Gasteiger charge is -2.19. The summed E-state index contributed by atoms with van der Waals surface area (Å²) >= 11 is 0. The van der Waals surface area contributed by atoms with E-state index in [4.69, 9.17) is 0 Å². The molecule has 0 aliphatic rings. The van der Waals surface area contributed by atoms with Crippen molar-refractivity contribution in [3.8, 4) is 0 Å². The van der Waals surface area contributed by atoms with Crippen LogP contribution >= 0.6 is 0 Å². The molecular weight excluding hydrogens is 284 g/mol. The van der Waals surface area contributed by atoms with E-state index in [2.05, 4.69) is 43.1 Å². The number of hydrogen-bond donors (Lipinski definition) is 1. The molecule has 3 heteroatoms. The smallest absolute Gasteiger partial charge is 0.251 e. The number of nitrogens with one attached hydrogen (secondary N) is 1. The van der Waals surface area contributed by atoms with Crippen LogP contribution in [0, 0.1) is 0 Å². The molecule has 0 radical (unpaired) electrons. The zero-order valence-corrected chi connectivity index (χ0v) is 14.7. The number of benzene rings is 2. The van der Waals surface area contributed by atoms with Gasteiger partial charge in [-0.15, -0.1) is 0 Å². The van der Waals surface area contributed by atoms with E-state index in [9.17, 15) is 4.79 Å². The Morgan fingerprint density at radius 2 is 1.52 bits per heavy atom. The molecule has 0 heterocycles. The quantitative estimate of drug-likeness (QED) is 0.926. The zero-order chi connectivity index (χ0) is 17.0. The van der Waals surface area contributed by atoms with Gasteiger partial charge in [0.1, 0.15) is 0 Å². The predicted molar refractivity (Wildman–Crippen MR) is 97.1 cm³/mol. The second-order valence-electron chi connectivity index (χ2n) is 7.07. The van der Waals surface area contributed by atoms with Gasteiger partial charge in [-0.2, -0.15) is 0 Å². The summed E-state index contributed by atoms with van der Waals surface area (Å²) in [6.45, 7) is 7.03. The highest BCUT2D eigenvalue weighted by molar-refractivity contribution is 5.94. The van der Waals surface area contributed by atoms with Crippen molar-refractivity contribution >= 4 is 11.6 Å². The van der Waals surface area contributed by atoms with E-state index < -0.39 is 0 Å². The van der Waals surface area contributed by atoms with Gasteiger partial charge in [0.2, 0.25) is 0 Å². The van der Waals surface area contributed by atoms with E-state index in [-0.39, 0.29) is 11.3 Å². The standard InChI is InChI=1S/C20H26N2O/c1-20(2,3)17-10-8-16(9-11-17)19(23)21-14-15-6-12-18(13-7-15)22(4)5/h6-13H,14H2,1-5H3,(H,21,23). The summed E-state index contributed by atoms with van der Waals surface area (Å²) in [6.07, 6.45) is 0. The van der Waals surface area contributed by atoms with Crippen LogP contribution < -0.4 is 10.2 Å². The molecule has 0 aromatic heterocycles. The Hall–Kier alpha value is -2.29. The fourth-order valence-electron chi connectivity index (χ4n) is 2.32. The second-order valence-corrected chi connectivity index (χ2v) is 7.07. The molecule has 2 rings (SSSR count). The van der Waals surface area contributed by atoms with Crippen LogP contribution in [-0.4, -0.2) is 20.0 Å². The van der Waals surface area contributed by atoms with Crippen LogP contribution in [0.2, 0.25) is 0 Å². The first kappa shape index (κ1) is 17.1. The van der Waals surface area contributed by atoms with Crippen molar-refractivity contribution in [2.45, 2.75) is 32.7 Å². The number of nitrogens with zero attached hydrogens (tertiary/aromatic N) is 1. The van der Waals surface area contributed by atoms with E-state index in [0.29, 0.717) is 12.1 Å². The Labute approximate surface area is 139 Å². The van der Waals surface area contributed by atoms with Crippen LogP contribution in [0.3, 0.4) is 0 Å². The summed E-state index contributed by atoms with van der Waals surface area (Å²) < 4.78 is 0. The lowest BCUT2D eigenvalue weighted by Crippen LogP contribution is -2.23. The summed E-state index contributed by atoms with van der Waals surface area (Å²) in [5, 5.41) is 2.97. The average Bonchev–Trinajstić information content (AvgIpc) is 2.52. The molecule has 0 saturated heterocycles.